The van der Waals surface area contributed by atoms with Crippen LogP contribution in [0.2, 0.25) is 0 Å². The molecule has 3 N–H and O–H groups in total. The Morgan fingerprint density at radius 1 is 0.974 bits per heavy atom. The first-order valence-electron chi connectivity index (χ1n) is 13.6. The summed E-state index contributed by atoms with van der Waals surface area (Å²) in [6.07, 6.45) is 8.38. The van der Waals surface area contributed by atoms with E-state index in [4.69, 9.17) is 5.11 Å². The average molecular weight is 541 g/mol. The first kappa shape index (κ1) is 25.4. The number of amides is 1. The molecule has 1 aromatic heterocycles. The van der Waals surface area contributed by atoms with E-state index in [1.165, 1.54) is 32.1 Å². The number of carbonyl (C=O) groups is 1. The average Bonchev–Trinajstić information content (AvgIpc) is 3.76. The lowest BCUT2D eigenvalue weighted by atomic mass is 9.93. The summed E-state index contributed by atoms with van der Waals surface area (Å²) in [5, 5.41) is 12.1. The quantitative estimate of drug-likeness (QED) is 0.466. The molecular weight excluding hydrogens is 504 g/mol. The molecule has 2 spiro atoms. The van der Waals surface area contributed by atoms with Crippen LogP contribution >= 0.6 is 0 Å². The molecule has 2 saturated carbocycles. The van der Waals surface area contributed by atoms with Gasteiger partial charge in [0, 0.05) is 37.9 Å². The van der Waals surface area contributed by atoms with E-state index >= 15 is 0 Å². The lowest BCUT2D eigenvalue weighted by molar-refractivity contribution is 0.102. The molecule has 3 heterocycles. The van der Waals surface area contributed by atoms with Gasteiger partial charge in [-0.05, 0) is 80.9 Å². The molecule has 2 saturated heterocycles. The largest absolute Gasteiger partial charge is 0.395 e. The van der Waals surface area contributed by atoms with Crippen LogP contribution in [0.5, 0.6) is 0 Å². The maximum atomic E-state index is 13.6. The molecule has 10 nitrogen and oxygen atoms in total. The fourth-order valence-electron chi connectivity index (χ4n) is 5.93. The maximum Gasteiger partial charge on any atom is 0.258 e. The molecular formula is C27H36N6O4S. The van der Waals surface area contributed by atoms with Gasteiger partial charge in [-0.15, -0.1) is 0 Å². The fraction of sp³-hybridized carbons (Fsp3) is 0.593. The van der Waals surface area contributed by atoms with E-state index in [0.717, 1.165) is 44.7 Å². The number of rotatable bonds is 8. The number of aromatic nitrogens is 2. The molecule has 0 atom stereocenters. The van der Waals surface area contributed by atoms with Crippen LogP contribution in [0.3, 0.4) is 0 Å². The van der Waals surface area contributed by atoms with Gasteiger partial charge in [-0.25, -0.2) is 13.4 Å². The molecule has 1 amide bonds. The van der Waals surface area contributed by atoms with Crippen LogP contribution in [0.4, 0.5) is 23.1 Å². The van der Waals surface area contributed by atoms with Crippen molar-refractivity contribution in [2.24, 2.45) is 10.8 Å². The van der Waals surface area contributed by atoms with Gasteiger partial charge in [0.25, 0.3) is 5.91 Å². The van der Waals surface area contributed by atoms with Gasteiger partial charge >= 0.3 is 0 Å². The molecule has 0 unspecified atom stereocenters. The van der Waals surface area contributed by atoms with E-state index in [9.17, 15) is 13.2 Å². The van der Waals surface area contributed by atoms with Crippen molar-refractivity contribution in [3.8, 4) is 0 Å². The Hall–Kier alpha value is -2.92. The van der Waals surface area contributed by atoms with Crippen molar-refractivity contribution in [3.05, 3.63) is 35.5 Å². The number of nitrogens with zero attached hydrogens (tertiary/aromatic N) is 4. The third kappa shape index (κ3) is 5.31. The molecule has 4 aliphatic rings. The van der Waals surface area contributed by atoms with E-state index in [0.29, 0.717) is 39.5 Å². The molecule has 2 aromatic rings. The zero-order valence-corrected chi connectivity index (χ0v) is 22.7. The van der Waals surface area contributed by atoms with Crippen LogP contribution in [0.25, 0.3) is 0 Å². The Morgan fingerprint density at radius 2 is 1.66 bits per heavy atom. The van der Waals surface area contributed by atoms with E-state index < -0.39 is 16.6 Å². The Labute approximate surface area is 223 Å². The van der Waals surface area contributed by atoms with E-state index in [-0.39, 0.29) is 11.7 Å². The number of aliphatic hydroxyl groups is 1. The standard InChI is InChI=1S/C27H36N6O4S/c1-19-16-23(30-25(28-19)33-13-10-27(18-33)6-7-27)29-24(35)21-3-2-20(31-38(36,37)15-14-34)17-22(21)32-11-8-26(4-5-26)9-12-32/h2-3,16-17,31,34H,4-15,18H2,1H3,(H,28,29,30,35). The van der Waals surface area contributed by atoms with Gasteiger partial charge in [0.05, 0.1) is 29.3 Å². The highest BCUT2D eigenvalue weighted by Gasteiger charge is 2.48. The van der Waals surface area contributed by atoms with Crippen molar-refractivity contribution in [1.29, 1.82) is 0 Å². The molecule has 6 rings (SSSR count). The first-order valence-corrected chi connectivity index (χ1v) is 15.2. The predicted octanol–water partition coefficient (Wildman–Crippen LogP) is 3.14. The SMILES string of the molecule is Cc1cc(NC(=O)c2ccc(NS(=O)(=O)CCO)cc2N2CCC3(CC2)CC3)nc(N2CCC3(CC3)C2)n1. The number of piperidine rings is 1. The number of hydrogen-bond acceptors (Lipinski definition) is 8. The summed E-state index contributed by atoms with van der Waals surface area (Å²) < 4.78 is 27.1. The number of carbonyl (C=O) groups excluding carboxylic acids is 1. The summed E-state index contributed by atoms with van der Waals surface area (Å²) in [7, 11) is -3.68. The third-order valence-electron chi connectivity index (χ3n) is 8.76. The number of anilines is 4. The van der Waals surface area contributed by atoms with Crippen LogP contribution in [-0.4, -0.2) is 67.9 Å². The highest BCUT2D eigenvalue weighted by Crippen LogP contribution is 2.54. The minimum Gasteiger partial charge on any atom is -0.395 e. The molecule has 11 heteroatoms. The van der Waals surface area contributed by atoms with Crippen molar-refractivity contribution in [2.75, 3.05) is 58.4 Å². The third-order valence-corrected chi connectivity index (χ3v) is 10.0. The topological polar surface area (TPSA) is 128 Å². The van der Waals surface area contributed by atoms with Crippen molar-refractivity contribution in [3.63, 3.8) is 0 Å². The van der Waals surface area contributed by atoms with Crippen molar-refractivity contribution < 1.29 is 18.3 Å². The summed E-state index contributed by atoms with van der Waals surface area (Å²) in [6.45, 7) is 4.99. The molecule has 204 valence electrons. The zero-order chi connectivity index (χ0) is 26.5. The lowest BCUT2D eigenvalue weighted by Crippen LogP contribution is -2.36. The van der Waals surface area contributed by atoms with Crippen molar-refractivity contribution >= 4 is 39.1 Å². The van der Waals surface area contributed by atoms with Crippen LogP contribution in [0.1, 0.15) is 61.0 Å². The second-order valence-electron chi connectivity index (χ2n) is 11.7. The molecule has 38 heavy (non-hydrogen) atoms. The predicted molar refractivity (Wildman–Crippen MR) is 147 cm³/mol. The van der Waals surface area contributed by atoms with Crippen LogP contribution < -0.4 is 19.8 Å². The Kier molecular flexibility index (Phi) is 6.26. The number of nitrogens with one attached hydrogen (secondary N) is 2. The molecule has 0 radical (unpaired) electrons. The highest BCUT2D eigenvalue weighted by atomic mass is 32.2. The molecule has 4 fully saturated rings. The van der Waals surface area contributed by atoms with Crippen LogP contribution in [0, 0.1) is 17.8 Å². The second kappa shape index (κ2) is 9.37. The highest BCUT2D eigenvalue weighted by molar-refractivity contribution is 7.92. The van der Waals surface area contributed by atoms with Gasteiger partial charge in [-0.2, -0.15) is 4.98 Å². The van der Waals surface area contributed by atoms with Gasteiger partial charge in [0.1, 0.15) is 5.82 Å². The van der Waals surface area contributed by atoms with Crippen LogP contribution in [0.15, 0.2) is 24.3 Å². The van der Waals surface area contributed by atoms with Crippen LogP contribution in [-0.2, 0) is 10.0 Å². The minimum atomic E-state index is -3.68. The Balaban J connectivity index is 1.25. The Bertz CT molecular complexity index is 1350. The summed E-state index contributed by atoms with van der Waals surface area (Å²) in [6, 6.07) is 6.76. The first-order chi connectivity index (χ1) is 18.2. The second-order valence-corrected chi connectivity index (χ2v) is 13.5. The number of aliphatic hydroxyl groups excluding tert-OH is 1. The summed E-state index contributed by atoms with van der Waals surface area (Å²) in [5.74, 6) is 0.442. The molecule has 2 aliphatic carbocycles. The smallest absolute Gasteiger partial charge is 0.258 e. The molecule has 0 bridgehead atoms. The normalized spacial score (nSPS) is 21.1. The van der Waals surface area contributed by atoms with E-state index in [1.54, 1.807) is 24.3 Å². The van der Waals surface area contributed by atoms with Crippen molar-refractivity contribution in [1.82, 2.24) is 9.97 Å². The summed E-state index contributed by atoms with van der Waals surface area (Å²) >= 11 is 0. The number of aryl methyl sites for hydroxylation is 1. The van der Waals surface area contributed by atoms with Gasteiger partial charge in [0.15, 0.2) is 0 Å². The van der Waals surface area contributed by atoms with Crippen molar-refractivity contribution in [2.45, 2.75) is 51.9 Å². The minimum absolute atomic E-state index is 0.291. The number of hydrogen-bond donors (Lipinski definition) is 3. The van der Waals surface area contributed by atoms with Gasteiger partial charge in [0.2, 0.25) is 16.0 Å². The van der Waals surface area contributed by atoms with E-state index in [2.05, 4.69) is 29.8 Å². The van der Waals surface area contributed by atoms with Gasteiger partial charge in [-0.1, -0.05) is 0 Å². The van der Waals surface area contributed by atoms with Gasteiger partial charge in [-0.3, -0.25) is 9.52 Å². The van der Waals surface area contributed by atoms with E-state index in [1.807, 2.05) is 6.92 Å². The lowest BCUT2D eigenvalue weighted by Gasteiger charge is -2.35. The monoisotopic (exact) mass is 540 g/mol. The summed E-state index contributed by atoms with van der Waals surface area (Å²) in [4.78, 5) is 27.3. The summed E-state index contributed by atoms with van der Waals surface area (Å²) in [5.41, 5.74) is 3.24. The fourth-order valence-corrected chi connectivity index (χ4v) is 6.76. The molecule has 1 aromatic carbocycles. The Morgan fingerprint density at radius 3 is 2.32 bits per heavy atom. The maximum absolute atomic E-state index is 13.6. The number of sulfonamides is 1. The van der Waals surface area contributed by atoms with Gasteiger partial charge < -0.3 is 20.2 Å². The zero-order valence-electron chi connectivity index (χ0n) is 21.9. The number of benzene rings is 1. The molecule has 2 aliphatic heterocycles.